The number of hydrogen-bond donors (Lipinski definition) is 1. The molecule has 0 aliphatic rings. The number of benzene rings is 1. The number of carbonyl (C=O) groups is 1. The van der Waals surface area contributed by atoms with Crippen LogP contribution in [-0.4, -0.2) is 17.8 Å². The van der Waals surface area contributed by atoms with Gasteiger partial charge in [0.25, 0.3) is 0 Å². The molecule has 2 aromatic rings. The molecule has 0 unspecified atom stereocenters. The molecule has 0 saturated heterocycles. The summed E-state index contributed by atoms with van der Waals surface area (Å²) in [5, 5.41) is 1.63. The smallest absolute Gasteiger partial charge is 0.305 e. The van der Waals surface area contributed by atoms with Gasteiger partial charge in [-0.1, -0.05) is 11.6 Å². The molecule has 0 aliphatic carbocycles. The number of ether oxygens (including phenoxy) is 1. The quantitative estimate of drug-likeness (QED) is 0.672. The van der Waals surface area contributed by atoms with E-state index in [0.717, 1.165) is 16.5 Å². The fourth-order valence-corrected chi connectivity index (χ4v) is 2.01. The lowest BCUT2D eigenvalue weighted by Crippen LogP contribution is -2.05. The van der Waals surface area contributed by atoms with Gasteiger partial charge in [-0.3, -0.25) is 9.47 Å². The zero-order chi connectivity index (χ0) is 12.4. The Hall–Kier alpha value is -1.68. The Morgan fingerprint density at radius 2 is 2.29 bits per heavy atom. The minimum Gasteiger partial charge on any atom is -0.469 e. The summed E-state index contributed by atoms with van der Waals surface area (Å²) in [6.45, 7) is 0. The SMILES string of the molecule is COC(=O)CCc1cn(N)c2ccc(Cl)cc12. The van der Waals surface area contributed by atoms with Gasteiger partial charge in [0.1, 0.15) is 0 Å². The third-order valence-corrected chi connectivity index (χ3v) is 2.94. The topological polar surface area (TPSA) is 57.2 Å². The van der Waals surface area contributed by atoms with Crippen LogP contribution >= 0.6 is 11.6 Å². The van der Waals surface area contributed by atoms with Crippen LogP contribution in [0.4, 0.5) is 0 Å². The van der Waals surface area contributed by atoms with Crippen molar-refractivity contribution in [3.63, 3.8) is 0 Å². The molecule has 1 aromatic heterocycles. The number of aryl methyl sites for hydroxylation is 1. The van der Waals surface area contributed by atoms with Crippen molar-refractivity contribution in [1.82, 2.24) is 4.68 Å². The van der Waals surface area contributed by atoms with Crippen LogP contribution in [0.25, 0.3) is 10.9 Å². The average Bonchev–Trinajstić information content (AvgIpc) is 2.62. The van der Waals surface area contributed by atoms with Crippen LogP contribution in [-0.2, 0) is 16.0 Å². The maximum atomic E-state index is 11.1. The summed E-state index contributed by atoms with van der Waals surface area (Å²) in [6.07, 6.45) is 2.74. The molecule has 4 nitrogen and oxygen atoms in total. The first-order chi connectivity index (χ1) is 8.11. The van der Waals surface area contributed by atoms with E-state index in [1.165, 1.54) is 11.8 Å². The van der Waals surface area contributed by atoms with Crippen molar-refractivity contribution in [1.29, 1.82) is 0 Å². The predicted octanol–water partition coefficient (Wildman–Crippen LogP) is 2.11. The minimum atomic E-state index is -0.232. The van der Waals surface area contributed by atoms with Crippen molar-refractivity contribution in [2.45, 2.75) is 12.8 Å². The zero-order valence-electron chi connectivity index (χ0n) is 9.44. The molecular weight excluding hydrogens is 240 g/mol. The van der Waals surface area contributed by atoms with Gasteiger partial charge in [-0.2, -0.15) is 0 Å². The number of halogens is 1. The molecule has 0 bridgehead atoms. The third kappa shape index (κ3) is 2.36. The molecule has 2 N–H and O–H groups in total. The van der Waals surface area contributed by atoms with E-state index < -0.39 is 0 Å². The number of hydrogen-bond acceptors (Lipinski definition) is 3. The van der Waals surface area contributed by atoms with E-state index in [9.17, 15) is 4.79 Å². The fraction of sp³-hybridized carbons (Fsp3) is 0.250. The lowest BCUT2D eigenvalue weighted by molar-refractivity contribution is -0.140. The maximum Gasteiger partial charge on any atom is 0.305 e. The second-order valence-electron chi connectivity index (χ2n) is 3.80. The molecule has 0 radical (unpaired) electrons. The second kappa shape index (κ2) is 4.67. The lowest BCUT2D eigenvalue weighted by atomic mass is 10.1. The minimum absolute atomic E-state index is 0.232. The van der Waals surface area contributed by atoms with Crippen LogP contribution < -0.4 is 5.84 Å². The number of methoxy groups -OCH3 is 1. The standard InChI is InChI=1S/C12H13ClN2O2/c1-17-12(16)5-2-8-7-15(14)11-4-3-9(13)6-10(8)11/h3-4,6-7H,2,5,14H2,1H3. The molecular formula is C12H13ClN2O2. The molecule has 0 fully saturated rings. The van der Waals surface area contributed by atoms with Crippen LogP contribution in [0.5, 0.6) is 0 Å². The molecule has 1 aromatic carbocycles. The molecule has 17 heavy (non-hydrogen) atoms. The van der Waals surface area contributed by atoms with Crippen LogP contribution in [0.15, 0.2) is 24.4 Å². The highest BCUT2D eigenvalue weighted by Gasteiger charge is 2.09. The number of esters is 1. The maximum absolute atomic E-state index is 11.1. The Morgan fingerprint density at radius 1 is 1.53 bits per heavy atom. The summed E-state index contributed by atoms with van der Waals surface area (Å²) >= 11 is 5.95. The summed E-state index contributed by atoms with van der Waals surface area (Å²) in [5.74, 6) is 5.59. The van der Waals surface area contributed by atoms with Crippen LogP contribution in [0.2, 0.25) is 5.02 Å². The van der Waals surface area contributed by atoms with Gasteiger partial charge < -0.3 is 10.6 Å². The van der Waals surface area contributed by atoms with Crippen molar-refractivity contribution in [2.24, 2.45) is 0 Å². The van der Waals surface area contributed by atoms with Gasteiger partial charge in [-0.15, -0.1) is 0 Å². The van der Waals surface area contributed by atoms with Gasteiger partial charge in [-0.25, -0.2) is 0 Å². The summed E-state index contributed by atoms with van der Waals surface area (Å²) in [4.78, 5) is 11.1. The summed E-state index contributed by atoms with van der Waals surface area (Å²) < 4.78 is 6.15. The average molecular weight is 253 g/mol. The van der Waals surface area contributed by atoms with Gasteiger partial charge in [0.15, 0.2) is 0 Å². The van der Waals surface area contributed by atoms with Crippen LogP contribution in [0, 0.1) is 0 Å². The van der Waals surface area contributed by atoms with Gasteiger partial charge in [-0.05, 0) is 30.2 Å². The first-order valence-corrected chi connectivity index (χ1v) is 5.61. The molecule has 5 heteroatoms. The summed E-state index contributed by atoms with van der Waals surface area (Å²) in [5.41, 5.74) is 1.89. The first kappa shape index (κ1) is 11.8. The van der Waals surface area contributed by atoms with Crippen molar-refractivity contribution in [2.75, 3.05) is 13.0 Å². The number of rotatable bonds is 3. The predicted molar refractivity (Wildman–Crippen MR) is 67.4 cm³/mol. The second-order valence-corrected chi connectivity index (χ2v) is 4.24. The van der Waals surface area contributed by atoms with Crippen molar-refractivity contribution >= 4 is 28.5 Å². The van der Waals surface area contributed by atoms with E-state index >= 15 is 0 Å². The first-order valence-electron chi connectivity index (χ1n) is 5.23. The Balaban J connectivity index is 2.34. The fourth-order valence-electron chi connectivity index (χ4n) is 1.84. The Morgan fingerprint density at radius 3 is 3.00 bits per heavy atom. The summed E-state index contributed by atoms with van der Waals surface area (Å²) in [7, 11) is 1.38. The van der Waals surface area contributed by atoms with E-state index in [4.69, 9.17) is 17.4 Å². The van der Waals surface area contributed by atoms with Crippen LogP contribution in [0.1, 0.15) is 12.0 Å². The Bertz CT molecular complexity index is 563. The lowest BCUT2D eigenvalue weighted by Gasteiger charge is -1.99. The number of carbonyl (C=O) groups excluding carboxylic acids is 1. The van der Waals surface area contributed by atoms with Gasteiger partial charge in [0, 0.05) is 23.0 Å². The summed E-state index contributed by atoms with van der Waals surface area (Å²) in [6, 6.07) is 5.50. The van der Waals surface area contributed by atoms with Crippen molar-refractivity contribution in [3.8, 4) is 0 Å². The van der Waals surface area contributed by atoms with Gasteiger partial charge >= 0.3 is 5.97 Å². The largest absolute Gasteiger partial charge is 0.469 e. The molecule has 0 amide bonds. The van der Waals surface area contributed by atoms with Crippen LogP contribution in [0.3, 0.4) is 0 Å². The van der Waals surface area contributed by atoms with Crippen molar-refractivity contribution < 1.29 is 9.53 Å². The normalized spacial score (nSPS) is 10.7. The Labute approximate surface area is 104 Å². The molecule has 0 aliphatic heterocycles. The highest BCUT2D eigenvalue weighted by Crippen LogP contribution is 2.24. The zero-order valence-corrected chi connectivity index (χ0v) is 10.2. The van der Waals surface area contributed by atoms with E-state index in [1.807, 2.05) is 18.3 Å². The van der Waals surface area contributed by atoms with E-state index in [0.29, 0.717) is 17.9 Å². The number of fused-ring (bicyclic) bond motifs is 1. The Kier molecular flexibility index (Phi) is 3.24. The molecule has 0 saturated carbocycles. The van der Waals surface area contributed by atoms with E-state index in [1.54, 1.807) is 6.07 Å². The number of aromatic nitrogens is 1. The molecule has 2 rings (SSSR count). The highest BCUT2D eigenvalue weighted by molar-refractivity contribution is 6.31. The number of nitrogen functional groups attached to an aromatic ring is 1. The monoisotopic (exact) mass is 252 g/mol. The molecule has 0 atom stereocenters. The third-order valence-electron chi connectivity index (χ3n) is 2.70. The molecule has 0 spiro atoms. The van der Waals surface area contributed by atoms with E-state index in [2.05, 4.69) is 4.74 Å². The molecule has 90 valence electrons. The highest BCUT2D eigenvalue weighted by atomic mass is 35.5. The number of nitrogens with zero attached hydrogens (tertiary/aromatic N) is 1. The van der Waals surface area contributed by atoms with E-state index in [-0.39, 0.29) is 5.97 Å². The molecule has 1 heterocycles. The van der Waals surface area contributed by atoms with Crippen molar-refractivity contribution in [3.05, 3.63) is 35.0 Å². The van der Waals surface area contributed by atoms with Gasteiger partial charge in [0.2, 0.25) is 0 Å². The van der Waals surface area contributed by atoms with Gasteiger partial charge in [0.05, 0.1) is 12.6 Å². The number of nitrogens with two attached hydrogens (primary N) is 1.